The van der Waals surface area contributed by atoms with Gasteiger partial charge in [0.15, 0.2) is 17.4 Å². The van der Waals surface area contributed by atoms with Gasteiger partial charge in [-0.15, -0.1) is 0 Å². The molecule has 1 amide bonds. The van der Waals surface area contributed by atoms with E-state index in [2.05, 4.69) is 0 Å². The SMILES string of the molecule is CS(=O)c1ccc(OC2=C(C(=O)OCCOC(=O)COc3ccccc3)N3C(=O)C[C@H]3S2)cc1. The Bertz CT molecular complexity index is 1130. The number of ether oxygens (including phenoxy) is 4. The summed E-state index contributed by atoms with van der Waals surface area (Å²) in [5.74, 6) is -0.584. The Labute approximate surface area is 202 Å². The maximum absolute atomic E-state index is 12.7. The third-order valence-electron chi connectivity index (χ3n) is 4.82. The largest absolute Gasteiger partial charge is 0.482 e. The lowest BCUT2D eigenvalue weighted by molar-refractivity contribution is -0.154. The molecule has 0 saturated carbocycles. The first-order valence-electron chi connectivity index (χ1n) is 10.3. The molecule has 2 heterocycles. The second-order valence-electron chi connectivity index (χ2n) is 7.16. The topological polar surface area (TPSA) is 108 Å². The summed E-state index contributed by atoms with van der Waals surface area (Å²) in [5, 5.41) is 0.0277. The van der Waals surface area contributed by atoms with Crippen molar-refractivity contribution in [3.8, 4) is 11.5 Å². The molecule has 0 aliphatic carbocycles. The summed E-state index contributed by atoms with van der Waals surface area (Å²) in [6.45, 7) is -0.625. The van der Waals surface area contributed by atoms with Crippen molar-refractivity contribution in [3.05, 3.63) is 65.4 Å². The first kappa shape index (κ1) is 23.8. The van der Waals surface area contributed by atoms with Gasteiger partial charge in [0.25, 0.3) is 0 Å². The monoisotopic (exact) mass is 503 g/mol. The molecule has 1 saturated heterocycles. The minimum atomic E-state index is -1.12. The quantitative estimate of drug-likeness (QED) is 0.274. The van der Waals surface area contributed by atoms with Crippen LogP contribution in [0.3, 0.4) is 0 Å². The zero-order chi connectivity index (χ0) is 24.1. The molecule has 4 rings (SSSR count). The van der Waals surface area contributed by atoms with Crippen LogP contribution < -0.4 is 9.47 Å². The Hall–Kier alpha value is -3.31. The molecule has 0 N–H and O–H groups in total. The van der Waals surface area contributed by atoms with E-state index < -0.39 is 22.7 Å². The summed E-state index contributed by atoms with van der Waals surface area (Å²) in [4.78, 5) is 38.5. The lowest BCUT2D eigenvalue weighted by Crippen LogP contribution is -2.48. The van der Waals surface area contributed by atoms with Gasteiger partial charge in [0.1, 0.15) is 24.7 Å². The minimum Gasteiger partial charge on any atom is -0.482 e. The predicted molar refractivity (Wildman–Crippen MR) is 123 cm³/mol. The molecule has 2 aromatic rings. The molecule has 2 atom stereocenters. The third kappa shape index (κ3) is 5.60. The van der Waals surface area contributed by atoms with E-state index in [0.717, 1.165) is 0 Å². The first-order chi connectivity index (χ1) is 16.4. The fraction of sp³-hybridized carbons (Fsp3) is 0.261. The normalized spacial score (nSPS) is 17.5. The van der Waals surface area contributed by atoms with Crippen LogP contribution >= 0.6 is 11.8 Å². The number of esters is 2. The zero-order valence-corrected chi connectivity index (χ0v) is 19.8. The summed E-state index contributed by atoms with van der Waals surface area (Å²) in [7, 11) is -1.12. The van der Waals surface area contributed by atoms with Crippen molar-refractivity contribution in [1.82, 2.24) is 4.90 Å². The molecule has 34 heavy (non-hydrogen) atoms. The highest BCUT2D eigenvalue weighted by Gasteiger charge is 2.50. The Morgan fingerprint density at radius 3 is 2.41 bits per heavy atom. The van der Waals surface area contributed by atoms with Gasteiger partial charge >= 0.3 is 11.9 Å². The van der Waals surface area contributed by atoms with Crippen molar-refractivity contribution >= 4 is 40.4 Å². The molecule has 9 nitrogen and oxygen atoms in total. The Morgan fingerprint density at radius 1 is 1.03 bits per heavy atom. The van der Waals surface area contributed by atoms with Crippen molar-refractivity contribution in [2.24, 2.45) is 0 Å². The molecule has 2 aliphatic rings. The number of para-hydroxylation sites is 1. The van der Waals surface area contributed by atoms with Gasteiger partial charge in [-0.25, -0.2) is 9.59 Å². The van der Waals surface area contributed by atoms with Crippen LogP contribution in [0.2, 0.25) is 0 Å². The lowest BCUT2D eigenvalue weighted by Gasteiger charge is -2.33. The highest BCUT2D eigenvalue weighted by Crippen LogP contribution is 2.46. The second-order valence-corrected chi connectivity index (χ2v) is 9.69. The number of nitrogens with zero attached hydrogens (tertiary/aromatic N) is 1. The first-order valence-corrected chi connectivity index (χ1v) is 12.7. The maximum Gasteiger partial charge on any atom is 0.359 e. The van der Waals surface area contributed by atoms with Crippen LogP contribution in [0, 0.1) is 0 Å². The van der Waals surface area contributed by atoms with Crippen LogP contribution in [0.25, 0.3) is 0 Å². The Morgan fingerprint density at radius 2 is 1.74 bits per heavy atom. The van der Waals surface area contributed by atoms with Gasteiger partial charge in [0.05, 0.1) is 11.8 Å². The van der Waals surface area contributed by atoms with Crippen LogP contribution in [0.15, 0.2) is 70.3 Å². The standard InChI is InChI=1S/C23H21NO8S2/c1-34(28)17-9-7-16(8-10-17)32-23-21(24-18(25)13-19(24)33-23)22(27)30-12-11-29-20(26)14-31-15-5-3-2-4-6-15/h2-10,19H,11-14H2,1H3/t19-,34?/m1/s1. The lowest BCUT2D eigenvalue weighted by atomic mass is 10.2. The fourth-order valence-electron chi connectivity index (χ4n) is 3.15. The summed E-state index contributed by atoms with van der Waals surface area (Å²) in [6.07, 6.45) is 1.87. The van der Waals surface area contributed by atoms with Gasteiger partial charge in [-0.3, -0.25) is 13.9 Å². The van der Waals surface area contributed by atoms with Crippen molar-refractivity contribution in [3.63, 3.8) is 0 Å². The molecule has 1 unspecified atom stereocenters. The average Bonchev–Trinajstić information content (AvgIpc) is 3.13. The van der Waals surface area contributed by atoms with Gasteiger partial charge in [0.2, 0.25) is 5.91 Å². The molecule has 0 bridgehead atoms. The summed E-state index contributed by atoms with van der Waals surface area (Å²) < 4.78 is 32.9. The molecule has 1 fully saturated rings. The molecule has 2 aliphatic heterocycles. The second kappa shape index (κ2) is 10.7. The van der Waals surface area contributed by atoms with Gasteiger partial charge in [-0.1, -0.05) is 30.0 Å². The summed E-state index contributed by atoms with van der Waals surface area (Å²) >= 11 is 1.25. The van der Waals surface area contributed by atoms with Crippen molar-refractivity contribution < 1.29 is 37.5 Å². The number of carbonyl (C=O) groups is 3. The van der Waals surface area contributed by atoms with Crippen LogP contribution in [-0.2, 0) is 34.7 Å². The molecule has 11 heteroatoms. The van der Waals surface area contributed by atoms with Crippen LogP contribution in [-0.4, -0.2) is 58.4 Å². The number of fused-ring (bicyclic) bond motifs is 1. The number of thioether (sulfide) groups is 1. The van der Waals surface area contributed by atoms with E-state index in [-0.39, 0.29) is 41.9 Å². The number of hydrogen-bond acceptors (Lipinski definition) is 9. The number of hydrogen-bond donors (Lipinski definition) is 0. The Balaban J connectivity index is 1.30. The van der Waals surface area contributed by atoms with Crippen LogP contribution in [0.5, 0.6) is 11.5 Å². The average molecular weight is 504 g/mol. The van der Waals surface area contributed by atoms with Gasteiger partial charge < -0.3 is 18.9 Å². The molecule has 0 spiro atoms. The molecular weight excluding hydrogens is 482 g/mol. The fourth-order valence-corrected chi connectivity index (χ4v) is 4.91. The summed E-state index contributed by atoms with van der Waals surface area (Å²) in [5.41, 5.74) is 0.0214. The Kier molecular flexibility index (Phi) is 7.53. The summed E-state index contributed by atoms with van der Waals surface area (Å²) in [6, 6.07) is 15.4. The van der Waals surface area contributed by atoms with Crippen LogP contribution in [0.1, 0.15) is 6.42 Å². The van der Waals surface area contributed by atoms with Crippen molar-refractivity contribution in [2.45, 2.75) is 16.7 Å². The molecular formula is C23H21NO8S2. The van der Waals surface area contributed by atoms with Crippen LogP contribution in [0.4, 0.5) is 0 Å². The van der Waals surface area contributed by atoms with E-state index >= 15 is 0 Å². The van der Waals surface area contributed by atoms with Crippen molar-refractivity contribution in [1.29, 1.82) is 0 Å². The van der Waals surface area contributed by atoms with E-state index in [9.17, 15) is 18.6 Å². The van der Waals surface area contributed by atoms with Crippen molar-refractivity contribution in [2.75, 3.05) is 26.1 Å². The molecule has 0 aromatic heterocycles. The third-order valence-corrected chi connectivity index (χ3v) is 6.90. The zero-order valence-electron chi connectivity index (χ0n) is 18.1. The smallest absolute Gasteiger partial charge is 0.359 e. The number of carbonyl (C=O) groups excluding carboxylic acids is 3. The maximum atomic E-state index is 12.7. The minimum absolute atomic E-state index is 0.0214. The van der Waals surface area contributed by atoms with E-state index in [1.165, 1.54) is 16.7 Å². The number of benzene rings is 2. The number of β-lactam (4-membered cyclic amide) rings is 1. The van der Waals surface area contributed by atoms with E-state index in [1.54, 1.807) is 54.8 Å². The van der Waals surface area contributed by atoms with E-state index in [0.29, 0.717) is 22.8 Å². The predicted octanol–water partition coefficient (Wildman–Crippen LogP) is 2.44. The van der Waals surface area contributed by atoms with E-state index in [1.807, 2.05) is 6.07 Å². The van der Waals surface area contributed by atoms with Gasteiger partial charge in [0, 0.05) is 22.0 Å². The molecule has 0 radical (unpaired) electrons. The number of amides is 1. The number of rotatable bonds is 10. The molecule has 178 valence electrons. The highest BCUT2D eigenvalue weighted by atomic mass is 32.2. The van der Waals surface area contributed by atoms with Gasteiger partial charge in [-0.05, 0) is 36.4 Å². The van der Waals surface area contributed by atoms with Gasteiger partial charge in [-0.2, -0.15) is 0 Å². The van der Waals surface area contributed by atoms with E-state index in [4.69, 9.17) is 18.9 Å². The highest BCUT2D eigenvalue weighted by molar-refractivity contribution is 8.03. The molecule has 2 aromatic carbocycles.